The van der Waals surface area contributed by atoms with Crippen LogP contribution < -0.4 is 10.2 Å². The highest BCUT2D eigenvalue weighted by Gasteiger charge is 2.21. The Balaban J connectivity index is 1.27. The number of nitrogens with one attached hydrogen (secondary N) is 2. The van der Waals surface area contributed by atoms with Crippen molar-refractivity contribution in [1.29, 1.82) is 0 Å². The van der Waals surface area contributed by atoms with Gasteiger partial charge in [0.1, 0.15) is 0 Å². The molecule has 0 saturated carbocycles. The molecule has 4 rings (SSSR count). The zero-order chi connectivity index (χ0) is 20.2. The van der Waals surface area contributed by atoms with Gasteiger partial charge in [-0.15, -0.1) is 0 Å². The van der Waals surface area contributed by atoms with Crippen LogP contribution in [0.3, 0.4) is 0 Å². The molecule has 1 aliphatic heterocycles. The van der Waals surface area contributed by atoms with Crippen LogP contribution in [0.2, 0.25) is 0 Å². The number of aromatic nitrogens is 1. The van der Waals surface area contributed by atoms with Crippen LogP contribution in [0.25, 0.3) is 10.9 Å². The minimum Gasteiger partial charge on any atom is -0.455 e. The van der Waals surface area contributed by atoms with Crippen LogP contribution in [0.1, 0.15) is 18.4 Å². The van der Waals surface area contributed by atoms with E-state index in [0.29, 0.717) is 12.1 Å². The summed E-state index contributed by atoms with van der Waals surface area (Å²) in [7, 11) is 0. The average Bonchev–Trinajstić information content (AvgIpc) is 3.34. The summed E-state index contributed by atoms with van der Waals surface area (Å²) in [5, 5.41) is 3.65. The topological polar surface area (TPSA) is 91.5 Å². The Labute approximate surface area is 167 Å². The number of esters is 1. The van der Waals surface area contributed by atoms with Gasteiger partial charge in [0.2, 0.25) is 5.91 Å². The number of hydrogen-bond donors (Lipinski definition) is 2. The van der Waals surface area contributed by atoms with E-state index < -0.39 is 11.9 Å². The standard InChI is InChI=1S/C22H21N3O4/c26-20(24-16-7-9-17(10-8-16)25-11-3-6-21(25)27)14-29-22(28)12-15-13-23-19-5-2-1-4-18(15)19/h1-2,4-5,7-10,13,23H,3,6,11-12,14H2,(H,24,26). The van der Waals surface area contributed by atoms with E-state index in [0.717, 1.165) is 35.1 Å². The van der Waals surface area contributed by atoms with Crippen LogP contribution >= 0.6 is 0 Å². The third-order valence-corrected chi connectivity index (χ3v) is 4.91. The highest BCUT2D eigenvalue weighted by Crippen LogP contribution is 2.23. The van der Waals surface area contributed by atoms with Gasteiger partial charge >= 0.3 is 5.97 Å². The maximum atomic E-state index is 12.1. The summed E-state index contributed by atoms with van der Waals surface area (Å²) in [4.78, 5) is 40.8. The molecular weight excluding hydrogens is 370 g/mol. The maximum Gasteiger partial charge on any atom is 0.310 e. The first-order chi connectivity index (χ1) is 14.1. The summed E-state index contributed by atoms with van der Waals surface area (Å²) in [6, 6.07) is 14.7. The molecule has 2 aromatic carbocycles. The number of para-hydroxylation sites is 1. The minimum absolute atomic E-state index is 0.0931. The fraction of sp³-hybridized carbons (Fsp3) is 0.227. The number of carbonyl (C=O) groups is 3. The first-order valence-corrected chi connectivity index (χ1v) is 9.51. The number of carbonyl (C=O) groups excluding carboxylic acids is 3. The second-order valence-corrected chi connectivity index (χ2v) is 6.94. The van der Waals surface area contributed by atoms with Gasteiger partial charge in [-0.3, -0.25) is 14.4 Å². The number of aromatic amines is 1. The Morgan fingerprint density at radius 1 is 1.10 bits per heavy atom. The Kier molecular flexibility index (Phi) is 5.29. The first kappa shape index (κ1) is 18.7. The molecule has 0 atom stereocenters. The van der Waals surface area contributed by atoms with Crippen LogP contribution in [0, 0.1) is 0 Å². The van der Waals surface area contributed by atoms with Gasteiger partial charge in [0.25, 0.3) is 5.91 Å². The number of nitrogens with zero attached hydrogens (tertiary/aromatic N) is 1. The average molecular weight is 391 g/mol. The van der Waals surface area contributed by atoms with Gasteiger partial charge in [-0.05, 0) is 42.3 Å². The van der Waals surface area contributed by atoms with Crippen LogP contribution in [0.5, 0.6) is 0 Å². The Morgan fingerprint density at radius 2 is 1.90 bits per heavy atom. The molecule has 148 valence electrons. The van der Waals surface area contributed by atoms with E-state index in [4.69, 9.17) is 4.74 Å². The Morgan fingerprint density at radius 3 is 2.66 bits per heavy atom. The van der Waals surface area contributed by atoms with Crippen molar-refractivity contribution >= 4 is 40.1 Å². The summed E-state index contributed by atoms with van der Waals surface area (Å²) in [6.45, 7) is 0.366. The van der Waals surface area contributed by atoms with Crippen LogP contribution in [-0.4, -0.2) is 35.9 Å². The number of amides is 2. The van der Waals surface area contributed by atoms with E-state index in [2.05, 4.69) is 10.3 Å². The predicted octanol–water partition coefficient (Wildman–Crippen LogP) is 3.02. The van der Waals surface area contributed by atoms with Crippen molar-refractivity contribution in [3.63, 3.8) is 0 Å². The van der Waals surface area contributed by atoms with Crippen molar-refractivity contribution in [3.8, 4) is 0 Å². The van der Waals surface area contributed by atoms with Gasteiger partial charge in [0.15, 0.2) is 6.61 Å². The molecule has 3 aromatic rings. The molecule has 0 bridgehead atoms. The maximum absolute atomic E-state index is 12.1. The lowest BCUT2D eigenvalue weighted by molar-refractivity contribution is -0.146. The molecule has 7 nitrogen and oxygen atoms in total. The van der Waals surface area contributed by atoms with Gasteiger partial charge in [-0.2, -0.15) is 0 Å². The monoisotopic (exact) mass is 391 g/mol. The third kappa shape index (κ3) is 4.29. The van der Waals surface area contributed by atoms with E-state index in [1.807, 2.05) is 24.3 Å². The summed E-state index contributed by atoms with van der Waals surface area (Å²) in [5.41, 5.74) is 3.18. The van der Waals surface area contributed by atoms with Crippen molar-refractivity contribution in [2.75, 3.05) is 23.4 Å². The summed E-state index contributed by atoms with van der Waals surface area (Å²) in [6.07, 6.45) is 3.30. The van der Waals surface area contributed by atoms with Crippen molar-refractivity contribution in [2.24, 2.45) is 0 Å². The van der Waals surface area contributed by atoms with Crippen LogP contribution in [0.4, 0.5) is 11.4 Å². The molecule has 2 N–H and O–H groups in total. The molecule has 1 fully saturated rings. The molecule has 0 unspecified atom stereocenters. The van der Waals surface area contributed by atoms with E-state index in [9.17, 15) is 14.4 Å². The van der Waals surface area contributed by atoms with E-state index in [1.54, 1.807) is 35.4 Å². The fourth-order valence-corrected chi connectivity index (χ4v) is 3.47. The molecule has 0 aliphatic carbocycles. The van der Waals surface area contributed by atoms with E-state index >= 15 is 0 Å². The van der Waals surface area contributed by atoms with Crippen molar-refractivity contribution in [1.82, 2.24) is 4.98 Å². The predicted molar refractivity (Wildman–Crippen MR) is 110 cm³/mol. The molecule has 0 spiro atoms. The van der Waals surface area contributed by atoms with Crippen molar-refractivity contribution < 1.29 is 19.1 Å². The number of ether oxygens (including phenoxy) is 1. The zero-order valence-corrected chi connectivity index (χ0v) is 15.8. The van der Waals surface area contributed by atoms with E-state index in [-0.39, 0.29) is 18.9 Å². The molecule has 7 heteroatoms. The molecule has 1 aromatic heterocycles. The number of hydrogen-bond acceptors (Lipinski definition) is 4. The second kappa shape index (κ2) is 8.18. The molecule has 2 amide bonds. The van der Waals surface area contributed by atoms with Gasteiger partial charge in [-0.25, -0.2) is 0 Å². The van der Waals surface area contributed by atoms with Crippen LogP contribution in [0.15, 0.2) is 54.7 Å². The van der Waals surface area contributed by atoms with Gasteiger partial charge < -0.3 is 19.9 Å². The number of benzene rings is 2. The molecule has 2 heterocycles. The number of rotatable bonds is 6. The Bertz CT molecular complexity index is 1060. The number of fused-ring (bicyclic) bond motifs is 1. The summed E-state index contributed by atoms with van der Waals surface area (Å²) in [5.74, 6) is -0.765. The Hall–Kier alpha value is -3.61. The molecule has 0 radical (unpaired) electrons. The first-order valence-electron chi connectivity index (χ1n) is 9.51. The summed E-state index contributed by atoms with van der Waals surface area (Å²) >= 11 is 0. The largest absolute Gasteiger partial charge is 0.455 e. The fourth-order valence-electron chi connectivity index (χ4n) is 3.47. The smallest absolute Gasteiger partial charge is 0.310 e. The SMILES string of the molecule is O=C(COC(=O)Cc1c[nH]c2ccccc12)Nc1ccc(N2CCCC2=O)cc1. The molecule has 1 aliphatic rings. The van der Waals surface area contributed by atoms with Crippen LogP contribution in [-0.2, 0) is 25.5 Å². The molecular formula is C22H21N3O4. The van der Waals surface area contributed by atoms with Gasteiger partial charge in [0, 0.05) is 41.4 Å². The lowest BCUT2D eigenvalue weighted by Gasteiger charge is -2.16. The summed E-state index contributed by atoms with van der Waals surface area (Å²) < 4.78 is 5.10. The lowest BCUT2D eigenvalue weighted by Crippen LogP contribution is -2.24. The highest BCUT2D eigenvalue weighted by molar-refractivity contribution is 5.96. The second-order valence-electron chi connectivity index (χ2n) is 6.94. The quantitative estimate of drug-likeness (QED) is 0.632. The number of H-pyrrole nitrogens is 1. The highest BCUT2D eigenvalue weighted by atomic mass is 16.5. The van der Waals surface area contributed by atoms with Gasteiger partial charge in [0.05, 0.1) is 6.42 Å². The van der Waals surface area contributed by atoms with E-state index in [1.165, 1.54) is 0 Å². The zero-order valence-electron chi connectivity index (χ0n) is 15.8. The van der Waals surface area contributed by atoms with Crippen molar-refractivity contribution in [2.45, 2.75) is 19.3 Å². The molecule has 1 saturated heterocycles. The third-order valence-electron chi connectivity index (χ3n) is 4.91. The van der Waals surface area contributed by atoms with Gasteiger partial charge in [-0.1, -0.05) is 18.2 Å². The van der Waals surface area contributed by atoms with Crippen molar-refractivity contribution in [3.05, 3.63) is 60.3 Å². The minimum atomic E-state index is -0.465. The number of anilines is 2. The normalized spacial score (nSPS) is 13.7. The molecule has 29 heavy (non-hydrogen) atoms. The lowest BCUT2D eigenvalue weighted by atomic mass is 10.1.